The summed E-state index contributed by atoms with van der Waals surface area (Å²) in [6.07, 6.45) is 1.31. The van der Waals surface area contributed by atoms with Crippen molar-refractivity contribution < 1.29 is 0 Å². The largest absolute Gasteiger partial charge is 0.315 e. The van der Waals surface area contributed by atoms with Crippen molar-refractivity contribution in [1.82, 2.24) is 20.4 Å². The molecule has 4 nitrogen and oxygen atoms in total. The van der Waals surface area contributed by atoms with Crippen LogP contribution < -0.4 is 10.6 Å². The number of nitrogens with one attached hydrogen (secondary N) is 2. The van der Waals surface area contributed by atoms with Crippen LogP contribution in [0.15, 0.2) is 0 Å². The van der Waals surface area contributed by atoms with E-state index in [1.54, 1.807) is 0 Å². The van der Waals surface area contributed by atoms with E-state index in [2.05, 4.69) is 48.4 Å². The van der Waals surface area contributed by atoms with E-state index in [9.17, 15) is 0 Å². The highest BCUT2D eigenvalue weighted by molar-refractivity contribution is 4.76. The summed E-state index contributed by atoms with van der Waals surface area (Å²) < 4.78 is 0. The van der Waals surface area contributed by atoms with Gasteiger partial charge in [0, 0.05) is 44.8 Å². The fourth-order valence-electron chi connectivity index (χ4n) is 2.28. The molecule has 4 heteroatoms. The summed E-state index contributed by atoms with van der Waals surface area (Å²) in [5.74, 6) is 0. The Balaban J connectivity index is 0. The van der Waals surface area contributed by atoms with Crippen molar-refractivity contribution >= 4 is 0 Å². The van der Waals surface area contributed by atoms with Gasteiger partial charge in [-0.2, -0.15) is 0 Å². The number of piperazine rings is 1. The van der Waals surface area contributed by atoms with E-state index in [4.69, 9.17) is 0 Å². The van der Waals surface area contributed by atoms with Crippen LogP contribution in [0.4, 0.5) is 0 Å². The fraction of sp³-hybridized carbons (Fsp3) is 1.00. The van der Waals surface area contributed by atoms with Crippen LogP contribution in [0.3, 0.4) is 0 Å². The number of hydrogen-bond donors (Lipinski definition) is 2. The maximum absolute atomic E-state index is 3.33. The highest BCUT2D eigenvalue weighted by Crippen LogP contribution is 2.02. The van der Waals surface area contributed by atoms with Gasteiger partial charge in [-0.05, 0) is 40.9 Å². The summed E-state index contributed by atoms with van der Waals surface area (Å²) in [5, 5.41) is 6.64. The average Bonchev–Trinajstić information content (AvgIpc) is 3.07. The summed E-state index contributed by atoms with van der Waals surface area (Å²) in [4.78, 5) is 4.77. The first-order valence-electron chi connectivity index (χ1n) is 8.93. The van der Waals surface area contributed by atoms with Crippen LogP contribution in [0.5, 0.6) is 0 Å². The van der Waals surface area contributed by atoms with Crippen molar-refractivity contribution in [3.05, 3.63) is 0 Å². The van der Waals surface area contributed by atoms with E-state index in [0.29, 0.717) is 0 Å². The zero-order valence-corrected chi connectivity index (χ0v) is 16.0. The molecule has 0 aromatic carbocycles. The minimum Gasteiger partial charge on any atom is -0.315 e. The Morgan fingerprint density at radius 1 is 0.905 bits per heavy atom. The van der Waals surface area contributed by atoms with Gasteiger partial charge < -0.3 is 15.5 Å². The van der Waals surface area contributed by atoms with Crippen LogP contribution in [0.2, 0.25) is 0 Å². The molecule has 2 saturated heterocycles. The molecule has 21 heavy (non-hydrogen) atoms. The maximum Gasteiger partial charge on any atom is 0.0226 e. The van der Waals surface area contributed by atoms with Gasteiger partial charge in [-0.25, -0.2) is 0 Å². The monoisotopic (exact) mass is 302 g/mol. The molecule has 0 unspecified atom stereocenters. The molecule has 2 aliphatic heterocycles. The summed E-state index contributed by atoms with van der Waals surface area (Å²) >= 11 is 0. The molecule has 2 heterocycles. The third kappa shape index (κ3) is 12.1. The van der Waals surface area contributed by atoms with E-state index >= 15 is 0 Å². The molecule has 0 spiro atoms. The quantitative estimate of drug-likeness (QED) is 0.819. The lowest BCUT2D eigenvalue weighted by atomic mass is 10.2. The fourth-order valence-corrected chi connectivity index (χ4v) is 2.28. The number of hydrogen-bond acceptors (Lipinski definition) is 4. The van der Waals surface area contributed by atoms with Gasteiger partial charge in [-0.15, -0.1) is 0 Å². The van der Waals surface area contributed by atoms with Crippen LogP contribution in [0.25, 0.3) is 0 Å². The predicted octanol–water partition coefficient (Wildman–Crippen LogP) is 2.26. The first-order chi connectivity index (χ1) is 10.1. The van der Waals surface area contributed by atoms with Crippen molar-refractivity contribution in [2.24, 2.45) is 0 Å². The molecular weight excluding hydrogens is 260 g/mol. The van der Waals surface area contributed by atoms with E-state index in [0.717, 1.165) is 25.2 Å². The molecule has 0 bridgehead atoms. The topological polar surface area (TPSA) is 30.5 Å². The van der Waals surface area contributed by atoms with Crippen molar-refractivity contribution in [2.75, 3.05) is 53.4 Å². The molecule has 0 saturated carbocycles. The SMILES string of the molecule is CC.CC.CC(C)N1CCNCC1.CN(C)[C@H]1CCNC1. The molecule has 0 aliphatic carbocycles. The lowest BCUT2D eigenvalue weighted by Gasteiger charge is -2.30. The highest BCUT2D eigenvalue weighted by Gasteiger charge is 2.15. The van der Waals surface area contributed by atoms with Crippen molar-refractivity contribution in [1.29, 1.82) is 0 Å². The number of rotatable bonds is 2. The van der Waals surface area contributed by atoms with E-state index < -0.39 is 0 Å². The zero-order chi connectivity index (χ0) is 16.7. The molecule has 0 radical (unpaired) electrons. The van der Waals surface area contributed by atoms with Crippen molar-refractivity contribution in [3.63, 3.8) is 0 Å². The van der Waals surface area contributed by atoms with Crippen LogP contribution in [0, 0.1) is 0 Å². The highest BCUT2D eigenvalue weighted by atomic mass is 15.2. The van der Waals surface area contributed by atoms with E-state index in [1.807, 2.05) is 27.7 Å². The molecule has 0 aromatic heterocycles. The van der Waals surface area contributed by atoms with Crippen LogP contribution in [-0.4, -0.2) is 75.2 Å². The average molecular weight is 303 g/mol. The Hall–Kier alpha value is -0.160. The van der Waals surface area contributed by atoms with Crippen LogP contribution in [-0.2, 0) is 0 Å². The van der Waals surface area contributed by atoms with Crippen molar-refractivity contribution in [2.45, 2.75) is 60.0 Å². The maximum atomic E-state index is 3.33. The first-order valence-corrected chi connectivity index (χ1v) is 8.93. The summed E-state index contributed by atoms with van der Waals surface area (Å²) in [5.41, 5.74) is 0. The van der Waals surface area contributed by atoms with Crippen LogP contribution in [0.1, 0.15) is 48.0 Å². The lowest BCUT2D eigenvalue weighted by Crippen LogP contribution is -2.46. The van der Waals surface area contributed by atoms with E-state index in [-0.39, 0.29) is 0 Å². The van der Waals surface area contributed by atoms with Gasteiger partial charge in [0.15, 0.2) is 0 Å². The normalized spacial score (nSPS) is 21.7. The van der Waals surface area contributed by atoms with Gasteiger partial charge >= 0.3 is 0 Å². The summed E-state index contributed by atoms with van der Waals surface area (Å²) in [7, 11) is 4.27. The molecule has 0 amide bonds. The van der Waals surface area contributed by atoms with E-state index in [1.165, 1.54) is 32.6 Å². The van der Waals surface area contributed by atoms with Gasteiger partial charge in [0.1, 0.15) is 0 Å². The Bertz CT molecular complexity index is 183. The Labute approximate surface area is 134 Å². The second kappa shape index (κ2) is 16.2. The minimum atomic E-state index is 0.729. The summed E-state index contributed by atoms with van der Waals surface area (Å²) in [6, 6.07) is 1.52. The Morgan fingerprint density at radius 2 is 1.43 bits per heavy atom. The first kappa shape index (κ1) is 23.1. The second-order valence-corrected chi connectivity index (χ2v) is 5.49. The molecule has 130 valence electrons. The lowest BCUT2D eigenvalue weighted by molar-refractivity contribution is 0.196. The smallest absolute Gasteiger partial charge is 0.0226 e. The molecule has 2 fully saturated rings. The van der Waals surface area contributed by atoms with Gasteiger partial charge in [-0.3, -0.25) is 4.90 Å². The third-order valence-corrected chi connectivity index (χ3v) is 3.65. The molecular formula is C17H42N4. The molecule has 0 aromatic rings. The van der Waals surface area contributed by atoms with Crippen molar-refractivity contribution in [3.8, 4) is 0 Å². The summed E-state index contributed by atoms with van der Waals surface area (Å²) in [6.45, 7) is 19.7. The van der Waals surface area contributed by atoms with Gasteiger partial charge in [0.2, 0.25) is 0 Å². The third-order valence-electron chi connectivity index (χ3n) is 3.65. The van der Waals surface area contributed by atoms with Gasteiger partial charge in [-0.1, -0.05) is 27.7 Å². The molecule has 1 atom stereocenters. The van der Waals surface area contributed by atoms with Crippen LogP contribution >= 0.6 is 0 Å². The zero-order valence-electron chi connectivity index (χ0n) is 16.0. The Morgan fingerprint density at radius 3 is 1.67 bits per heavy atom. The van der Waals surface area contributed by atoms with Gasteiger partial charge in [0.25, 0.3) is 0 Å². The standard InChI is InChI=1S/C7H16N2.C6H14N2.2C2H6/c1-7(2)9-5-3-8-4-6-9;1-8(2)6-3-4-7-5-6;2*1-2/h7-8H,3-6H2,1-2H3;6-7H,3-5H2,1-2H3;2*1-2H3/t;6-;;/m.0../s1. The Kier molecular flexibility index (Phi) is 17.8. The number of likely N-dealkylation sites (N-methyl/N-ethyl adjacent to an activating group) is 1. The molecule has 2 rings (SSSR count). The molecule has 2 aliphatic rings. The minimum absolute atomic E-state index is 0.729. The second-order valence-electron chi connectivity index (χ2n) is 5.49. The van der Waals surface area contributed by atoms with Gasteiger partial charge in [0.05, 0.1) is 0 Å². The molecule has 2 N–H and O–H groups in total. The number of nitrogens with zero attached hydrogens (tertiary/aromatic N) is 2. The predicted molar refractivity (Wildman–Crippen MR) is 97.2 cm³/mol.